The fourth-order valence-corrected chi connectivity index (χ4v) is 3.47. The van der Waals surface area contributed by atoms with Gasteiger partial charge in [-0.1, -0.05) is 48.5 Å². The van der Waals surface area contributed by atoms with Crippen molar-refractivity contribution in [3.8, 4) is 0 Å². The van der Waals surface area contributed by atoms with Gasteiger partial charge in [-0.15, -0.1) is 0 Å². The van der Waals surface area contributed by atoms with E-state index in [4.69, 9.17) is 23.2 Å². The first-order chi connectivity index (χ1) is 9.03. The van der Waals surface area contributed by atoms with E-state index in [2.05, 4.69) is 31.1 Å². The van der Waals surface area contributed by atoms with Crippen molar-refractivity contribution in [2.75, 3.05) is 20.6 Å². The summed E-state index contributed by atoms with van der Waals surface area (Å²) >= 11 is 12.3. The Morgan fingerprint density at radius 1 is 1.05 bits per heavy atom. The number of halogens is 2. The molecule has 3 heteroatoms. The molecular weight excluding hydrogens is 277 g/mol. The Hall–Kier alpha value is -0.240. The third kappa shape index (κ3) is 3.65. The highest BCUT2D eigenvalue weighted by Gasteiger charge is 2.33. The van der Waals surface area contributed by atoms with E-state index >= 15 is 0 Å². The van der Waals surface area contributed by atoms with E-state index < -0.39 is 0 Å². The van der Waals surface area contributed by atoms with Gasteiger partial charge in [-0.2, -0.15) is 0 Å². The molecule has 0 heterocycles. The van der Waals surface area contributed by atoms with Gasteiger partial charge in [0.1, 0.15) is 0 Å². The molecule has 0 amide bonds. The summed E-state index contributed by atoms with van der Waals surface area (Å²) in [5.74, 6) is 0. The lowest BCUT2D eigenvalue weighted by atomic mass is 9.67. The fourth-order valence-electron chi connectivity index (χ4n) is 3.18. The first kappa shape index (κ1) is 15.2. The van der Waals surface area contributed by atoms with Crippen LogP contribution in [0.3, 0.4) is 0 Å². The zero-order valence-corrected chi connectivity index (χ0v) is 13.4. The number of rotatable bonds is 4. The number of hydrogen-bond acceptors (Lipinski definition) is 1. The van der Waals surface area contributed by atoms with Gasteiger partial charge in [0.2, 0.25) is 0 Å². The molecule has 1 aliphatic carbocycles. The monoisotopic (exact) mass is 299 g/mol. The minimum Gasteiger partial charge on any atom is -0.309 e. The Labute approximate surface area is 126 Å². The lowest BCUT2D eigenvalue weighted by molar-refractivity contribution is 0.241. The second-order valence-corrected chi connectivity index (χ2v) is 6.84. The highest BCUT2D eigenvalue weighted by Crippen LogP contribution is 2.43. The maximum atomic E-state index is 6.22. The predicted molar refractivity (Wildman–Crippen MR) is 84.4 cm³/mol. The van der Waals surface area contributed by atoms with Crippen LogP contribution in [0, 0.1) is 0 Å². The van der Waals surface area contributed by atoms with Gasteiger partial charge in [0.15, 0.2) is 0 Å². The Morgan fingerprint density at radius 2 is 1.74 bits per heavy atom. The molecule has 19 heavy (non-hydrogen) atoms. The lowest BCUT2D eigenvalue weighted by Gasteiger charge is -2.39. The standard InChI is InChI=1S/C16H23Cl2N/c1-19(2)11-10-16(8-4-3-5-9-16)13-6-7-14(17)15(18)12-13/h6-7,12H,3-5,8-11H2,1-2H3. The van der Waals surface area contributed by atoms with E-state index in [0.717, 1.165) is 6.54 Å². The van der Waals surface area contributed by atoms with Crippen molar-refractivity contribution in [2.45, 2.75) is 43.9 Å². The van der Waals surface area contributed by atoms with Crippen molar-refractivity contribution < 1.29 is 0 Å². The van der Waals surface area contributed by atoms with Crippen LogP contribution >= 0.6 is 23.2 Å². The molecule has 0 unspecified atom stereocenters. The van der Waals surface area contributed by atoms with Crippen LogP contribution in [0.4, 0.5) is 0 Å². The minimum absolute atomic E-state index is 0.302. The molecule has 0 spiro atoms. The average Bonchev–Trinajstić information content (AvgIpc) is 2.40. The highest BCUT2D eigenvalue weighted by molar-refractivity contribution is 6.42. The van der Waals surface area contributed by atoms with Crippen LogP contribution in [0.25, 0.3) is 0 Å². The Kier molecular flexibility index (Phi) is 5.16. The van der Waals surface area contributed by atoms with Crippen molar-refractivity contribution in [1.82, 2.24) is 4.90 Å². The van der Waals surface area contributed by atoms with Crippen molar-refractivity contribution in [2.24, 2.45) is 0 Å². The van der Waals surface area contributed by atoms with Gasteiger partial charge in [0.25, 0.3) is 0 Å². The van der Waals surface area contributed by atoms with E-state index in [9.17, 15) is 0 Å². The number of nitrogens with zero attached hydrogens (tertiary/aromatic N) is 1. The summed E-state index contributed by atoms with van der Waals surface area (Å²) < 4.78 is 0. The third-order valence-corrected chi connectivity index (χ3v) is 5.12. The van der Waals surface area contributed by atoms with Crippen LogP contribution in [0.5, 0.6) is 0 Å². The predicted octanol–water partition coefficient (Wildman–Crippen LogP) is 5.15. The summed E-state index contributed by atoms with van der Waals surface area (Å²) in [7, 11) is 4.29. The van der Waals surface area contributed by atoms with Crippen LogP contribution in [0.15, 0.2) is 18.2 Å². The smallest absolute Gasteiger partial charge is 0.0595 e. The zero-order valence-electron chi connectivity index (χ0n) is 11.9. The molecule has 0 radical (unpaired) electrons. The topological polar surface area (TPSA) is 3.24 Å². The molecule has 1 fully saturated rings. The molecule has 2 rings (SSSR count). The van der Waals surface area contributed by atoms with Gasteiger partial charge in [-0.05, 0) is 63.0 Å². The molecule has 0 N–H and O–H groups in total. The summed E-state index contributed by atoms with van der Waals surface area (Å²) in [6.45, 7) is 1.13. The van der Waals surface area contributed by atoms with Crippen LogP contribution in [0.2, 0.25) is 10.0 Å². The summed E-state index contributed by atoms with van der Waals surface area (Å²) in [5.41, 5.74) is 1.68. The highest BCUT2D eigenvalue weighted by atomic mass is 35.5. The molecule has 1 aromatic rings. The molecule has 1 saturated carbocycles. The molecular formula is C16H23Cl2N. The quantitative estimate of drug-likeness (QED) is 0.743. The second-order valence-electron chi connectivity index (χ2n) is 6.02. The largest absolute Gasteiger partial charge is 0.309 e. The zero-order chi connectivity index (χ0) is 13.9. The van der Waals surface area contributed by atoms with Crippen molar-refractivity contribution in [3.63, 3.8) is 0 Å². The minimum atomic E-state index is 0.302. The number of benzene rings is 1. The third-order valence-electron chi connectivity index (χ3n) is 4.38. The molecule has 0 atom stereocenters. The van der Waals surface area contributed by atoms with Crippen LogP contribution < -0.4 is 0 Å². The molecule has 106 valence electrons. The molecule has 0 aliphatic heterocycles. The Balaban J connectivity index is 2.27. The van der Waals surface area contributed by atoms with E-state index in [1.165, 1.54) is 44.1 Å². The van der Waals surface area contributed by atoms with Crippen molar-refractivity contribution in [1.29, 1.82) is 0 Å². The Bertz CT molecular complexity index is 423. The molecule has 0 saturated heterocycles. The Morgan fingerprint density at radius 3 is 2.32 bits per heavy atom. The van der Waals surface area contributed by atoms with E-state index in [0.29, 0.717) is 15.5 Å². The van der Waals surface area contributed by atoms with Gasteiger partial charge >= 0.3 is 0 Å². The van der Waals surface area contributed by atoms with Gasteiger partial charge in [0, 0.05) is 0 Å². The van der Waals surface area contributed by atoms with E-state index in [1.807, 2.05) is 6.07 Å². The summed E-state index contributed by atoms with van der Waals surface area (Å²) in [6.07, 6.45) is 7.78. The molecule has 0 bridgehead atoms. The van der Waals surface area contributed by atoms with E-state index in [-0.39, 0.29) is 0 Å². The summed E-state index contributed by atoms with van der Waals surface area (Å²) in [4.78, 5) is 2.27. The first-order valence-electron chi connectivity index (χ1n) is 7.14. The van der Waals surface area contributed by atoms with Crippen LogP contribution in [-0.4, -0.2) is 25.5 Å². The molecule has 1 nitrogen and oxygen atoms in total. The van der Waals surface area contributed by atoms with Gasteiger partial charge < -0.3 is 4.90 Å². The summed E-state index contributed by atoms with van der Waals surface area (Å²) in [5, 5.41) is 1.35. The number of hydrogen-bond donors (Lipinski definition) is 0. The maximum Gasteiger partial charge on any atom is 0.0595 e. The van der Waals surface area contributed by atoms with Crippen molar-refractivity contribution >= 4 is 23.2 Å². The first-order valence-corrected chi connectivity index (χ1v) is 7.89. The summed E-state index contributed by atoms with van der Waals surface area (Å²) in [6, 6.07) is 6.21. The maximum absolute atomic E-state index is 6.22. The lowest BCUT2D eigenvalue weighted by Crippen LogP contribution is -2.33. The molecule has 1 aromatic carbocycles. The fraction of sp³-hybridized carbons (Fsp3) is 0.625. The molecule has 0 aromatic heterocycles. The normalized spacial score (nSPS) is 18.8. The molecule has 1 aliphatic rings. The van der Waals surface area contributed by atoms with Crippen LogP contribution in [-0.2, 0) is 5.41 Å². The van der Waals surface area contributed by atoms with E-state index in [1.54, 1.807) is 0 Å². The average molecular weight is 300 g/mol. The van der Waals surface area contributed by atoms with Crippen LogP contribution in [0.1, 0.15) is 44.1 Å². The van der Waals surface area contributed by atoms with Gasteiger partial charge in [-0.3, -0.25) is 0 Å². The second kappa shape index (κ2) is 6.47. The van der Waals surface area contributed by atoms with Gasteiger partial charge in [-0.25, -0.2) is 0 Å². The SMILES string of the molecule is CN(C)CCC1(c2ccc(Cl)c(Cl)c2)CCCCC1. The van der Waals surface area contributed by atoms with Gasteiger partial charge in [0.05, 0.1) is 10.0 Å². The van der Waals surface area contributed by atoms with Crippen molar-refractivity contribution in [3.05, 3.63) is 33.8 Å².